The molecule has 9 heteroatoms. The Morgan fingerprint density at radius 3 is 2.17 bits per heavy atom. The van der Waals surface area contributed by atoms with Crippen LogP contribution in [0.5, 0.6) is 5.75 Å². The number of amides is 2. The second-order valence-electron chi connectivity index (χ2n) is 11.6. The van der Waals surface area contributed by atoms with E-state index in [1.807, 2.05) is 40.1 Å². The Bertz CT molecular complexity index is 1310. The van der Waals surface area contributed by atoms with Crippen molar-refractivity contribution in [2.24, 2.45) is 11.1 Å². The van der Waals surface area contributed by atoms with Gasteiger partial charge >= 0.3 is 0 Å². The van der Waals surface area contributed by atoms with E-state index in [-0.39, 0.29) is 11.8 Å². The summed E-state index contributed by atoms with van der Waals surface area (Å²) in [6.45, 7) is 10.4. The SMILES string of the molecule is COc1cc(N2CCC3(CCN(C(=O)c4ccc(N5CCN(C(C)C)CC5)cc4)CC3)C2=O)ccc1/C(C=N)=C/N. The van der Waals surface area contributed by atoms with Gasteiger partial charge in [0, 0.05) is 98.4 Å². The van der Waals surface area contributed by atoms with Gasteiger partial charge in [-0.1, -0.05) is 0 Å². The molecule has 9 nitrogen and oxygen atoms in total. The van der Waals surface area contributed by atoms with Crippen molar-refractivity contribution in [3.05, 3.63) is 59.8 Å². The molecule has 0 bridgehead atoms. The van der Waals surface area contributed by atoms with Crippen molar-refractivity contribution in [1.82, 2.24) is 9.80 Å². The molecule has 3 N–H and O–H groups in total. The number of ether oxygens (including phenoxy) is 1. The number of hydrogen-bond donors (Lipinski definition) is 2. The van der Waals surface area contributed by atoms with Crippen LogP contribution in [-0.2, 0) is 4.79 Å². The zero-order valence-electron chi connectivity index (χ0n) is 24.4. The maximum absolute atomic E-state index is 13.7. The van der Waals surface area contributed by atoms with E-state index in [4.69, 9.17) is 15.9 Å². The summed E-state index contributed by atoms with van der Waals surface area (Å²) < 4.78 is 5.55. The smallest absolute Gasteiger partial charge is 0.253 e. The minimum absolute atomic E-state index is 0.0358. The summed E-state index contributed by atoms with van der Waals surface area (Å²) >= 11 is 0. The lowest BCUT2D eigenvalue weighted by molar-refractivity contribution is -0.127. The Morgan fingerprint density at radius 1 is 0.951 bits per heavy atom. The topological polar surface area (TPSA) is 106 Å². The minimum Gasteiger partial charge on any atom is -0.496 e. The molecule has 2 aromatic carbocycles. The van der Waals surface area contributed by atoms with Gasteiger partial charge in [-0.2, -0.15) is 0 Å². The number of anilines is 2. The number of benzene rings is 2. The maximum atomic E-state index is 13.7. The summed E-state index contributed by atoms with van der Waals surface area (Å²) in [6, 6.07) is 14.2. The largest absolute Gasteiger partial charge is 0.496 e. The van der Waals surface area contributed by atoms with Crippen molar-refractivity contribution in [3.8, 4) is 5.75 Å². The molecule has 0 aliphatic carbocycles. The molecule has 3 saturated heterocycles. The Hall–Kier alpha value is -3.85. The second kappa shape index (κ2) is 11.9. The molecule has 3 aliphatic heterocycles. The van der Waals surface area contributed by atoms with Crippen LogP contribution >= 0.6 is 0 Å². The Morgan fingerprint density at radius 2 is 1.59 bits per heavy atom. The number of carbonyl (C=O) groups is 2. The number of rotatable bonds is 7. The Kier molecular flexibility index (Phi) is 8.35. The van der Waals surface area contributed by atoms with Crippen LogP contribution in [0.25, 0.3) is 5.57 Å². The number of hydrogen-bond acceptors (Lipinski definition) is 7. The van der Waals surface area contributed by atoms with Crippen LogP contribution in [-0.4, -0.2) is 86.8 Å². The van der Waals surface area contributed by atoms with E-state index in [1.165, 1.54) is 12.4 Å². The van der Waals surface area contributed by atoms with Gasteiger partial charge in [0.25, 0.3) is 5.91 Å². The molecule has 3 fully saturated rings. The van der Waals surface area contributed by atoms with E-state index in [2.05, 4.69) is 35.8 Å². The molecule has 0 unspecified atom stereocenters. The van der Waals surface area contributed by atoms with Gasteiger partial charge < -0.3 is 30.6 Å². The fourth-order valence-electron chi connectivity index (χ4n) is 6.46. The van der Waals surface area contributed by atoms with Crippen molar-refractivity contribution < 1.29 is 14.3 Å². The zero-order chi connectivity index (χ0) is 29.1. The standard InChI is InChI=1S/C32H42N6O3/c1-23(2)35-16-18-36(19-17-35)26-6-4-24(5-7-26)30(39)37-13-10-32(11-14-37)12-15-38(31(32)40)27-8-9-28(25(21-33)22-34)29(20-27)41-3/h4-9,20-23,33H,10-19,34H2,1-3H3/b25-22+,33-21?. The van der Waals surface area contributed by atoms with Crippen LogP contribution in [0.15, 0.2) is 48.7 Å². The van der Waals surface area contributed by atoms with Crippen molar-refractivity contribution in [1.29, 1.82) is 5.41 Å². The van der Waals surface area contributed by atoms with Crippen LogP contribution in [0.4, 0.5) is 11.4 Å². The van der Waals surface area contributed by atoms with Crippen molar-refractivity contribution in [2.45, 2.75) is 39.2 Å². The fourth-order valence-corrected chi connectivity index (χ4v) is 6.46. The van der Waals surface area contributed by atoms with E-state index in [1.54, 1.807) is 7.11 Å². The quantitative estimate of drug-likeness (QED) is 0.501. The Labute approximate surface area is 243 Å². The number of piperidine rings is 1. The molecule has 5 rings (SSSR count). The number of likely N-dealkylation sites (tertiary alicyclic amines) is 1. The summed E-state index contributed by atoms with van der Waals surface area (Å²) in [6.07, 6.45) is 4.65. The Balaban J connectivity index is 1.20. The van der Waals surface area contributed by atoms with Crippen LogP contribution < -0.4 is 20.3 Å². The predicted octanol–water partition coefficient (Wildman–Crippen LogP) is 3.83. The summed E-state index contributed by atoms with van der Waals surface area (Å²) in [5.74, 6) is 0.720. The number of nitrogens with one attached hydrogen (secondary N) is 1. The van der Waals surface area contributed by atoms with Crippen molar-refractivity contribution in [3.63, 3.8) is 0 Å². The monoisotopic (exact) mass is 558 g/mol. The fraction of sp³-hybridized carbons (Fsp3) is 0.469. The van der Waals surface area contributed by atoms with Crippen LogP contribution in [0, 0.1) is 10.8 Å². The van der Waals surface area contributed by atoms with Gasteiger partial charge in [-0.25, -0.2) is 0 Å². The predicted molar refractivity (Wildman–Crippen MR) is 164 cm³/mol. The number of piperazine rings is 1. The average molecular weight is 559 g/mol. The first kappa shape index (κ1) is 28.7. The number of carbonyl (C=O) groups excluding carboxylic acids is 2. The van der Waals surface area contributed by atoms with E-state index < -0.39 is 5.41 Å². The molecule has 2 amide bonds. The van der Waals surface area contributed by atoms with E-state index in [9.17, 15) is 9.59 Å². The van der Waals surface area contributed by atoms with Gasteiger partial charge in [0.2, 0.25) is 5.91 Å². The van der Waals surface area contributed by atoms with Gasteiger partial charge in [0.05, 0.1) is 12.5 Å². The maximum Gasteiger partial charge on any atom is 0.253 e. The first-order chi connectivity index (χ1) is 19.8. The molecule has 2 aromatic rings. The molecule has 0 aromatic heterocycles. The number of allylic oxidation sites excluding steroid dienone is 1. The van der Waals surface area contributed by atoms with Crippen LogP contribution in [0.2, 0.25) is 0 Å². The number of methoxy groups -OCH3 is 1. The third-order valence-corrected chi connectivity index (χ3v) is 9.19. The summed E-state index contributed by atoms with van der Waals surface area (Å²) in [5.41, 5.74) is 9.13. The van der Waals surface area contributed by atoms with Gasteiger partial charge in [-0.3, -0.25) is 14.5 Å². The molecule has 0 radical (unpaired) electrons. The summed E-state index contributed by atoms with van der Waals surface area (Å²) in [4.78, 5) is 35.7. The third kappa shape index (κ3) is 5.55. The molecule has 3 heterocycles. The van der Waals surface area contributed by atoms with Gasteiger partial charge in [0.15, 0.2) is 0 Å². The molecular weight excluding hydrogens is 516 g/mol. The highest BCUT2D eigenvalue weighted by atomic mass is 16.5. The first-order valence-electron chi connectivity index (χ1n) is 14.6. The minimum atomic E-state index is -0.443. The normalized spacial score (nSPS) is 19.8. The molecule has 3 aliphatic rings. The number of nitrogens with zero attached hydrogens (tertiary/aromatic N) is 4. The molecule has 218 valence electrons. The van der Waals surface area contributed by atoms with E-state index in [0.29, 0.717) is 61.0 Å². The van der Waals surface area contributed by atoms with Gasteiger partial charge in [0.1, 0.15) is 5.75 Å². The second-order valence-corrected chi connectivity index (χ2v) is 11.6. The average Bonchev–Trinajstić information content (AvgIpc) is 3.32. The highest BCUT2D eigenvalue weighted by Gasteiger charge is 2.49. The van der Waals surface area contributed by atoms with Crippen molar-refractivity contribution in [2.75, 3.05) is 62.7 Å². The first-order valence-corrected chi connectivity index (χ1v) is 14.6. The molecule has 0 saturated carbocycles. The van der Waals surface area contributed by atoms with Crippen molar-refractivity contribution >= 4 is 35.0 Å². The lowest BCUT2D eigenvalue weighted by Gasteiger charge is -2.38. The number of nitrogens with two attached hydrogens (primary N) is 1. The highest BCUT2D eigenvalue weighted by molar-refractivity contribution is 6.09. The van der Waals surface area contributed by atoms with E-state index >= 15 is 0 Å². The highest BCUT2D eigenvalue weighted by Crippen LogP contribution is 2.44. The summed E-state index contributed by atoms with van der Waals surface area (Å²) in [5, 5.41) is 7.60. The molecule has 0 atom stereocenters. The van der Waals surface area contributed by atoms with Crippen LogP contribution in [0.3, 0.4) is 0 Å². The molecule has 1 spiro atoms. The van der Waals surface area contributed by atoms with Gasteiger partial charge in [-0.15, -0.1) is 0 Å². The van der Waals surface area contributed by atoms with E-state index in [0.717, 1.165) is 44.0 Å². The molecular formula is C32H42N6O3. The van der Waals surface area contributed by atoms with Crippen LogP contribution in [0.1, 0.15) is 49.0 Å². The zero-order valence-corrected chi connectivity index (χ0v) is 24.4. The lowest BCUT2D eigenvalue weighted by atomic mass is 9.77. The van der Waals surface area contributed by atoms with Gasteiger partial charge in [-0.05, 0) is 69.5 Å². The lowest BCUT2D eigenvalue weighted by Crippen LogP contribution is -2.48. The molecule has 41 heavy (non-hydrogen) atoms. The third-order valence-electron chi connectivity index (χ3n) is 9.19. The summed E-state index contributed by atoms with van der Waals surface area (Å²) in [7, 11) is 1.57.